The number of rotatable bonds is 5. The molecule has 0 bridgehead atoms. The predicted octanol–water partition coefficient (Wildman–Crippen LogP) is 3.81. The van der Waals surface area contributed by atoms with E-state index in [0.717, 1.165) is 18.7 Å². The van der Waals surface area contributed by atoms with Crippen molar-refractivity contribution in [3.8, 4) is 0 Å². The average molecular weight is 260 g/mol. The summed E-state index contributed by atoms with van der Waals surface area (Å²) in [6.07, 6.45) is 2.08. The molecule has 19 heavy (non-hydrogen) atoms. The Balaban J connectivity index is 2.01. The van der Waals surface area contributed by atoms with Crippen molar-refractivity contribution in [2.45, 2.75) is 39.9 Å². The molecule has 1 unspecified atom stereocenters. The van der Waals surface area contributed by atoms with Crippen LogP contribution in [0.25, 0.3) is 0 Å². The Kier molecular flexibility index (Phi) is 4.38. The minimum atomic E-state index is -0.136. The lowest BCUT2D eigenvalue weighted by Gasteiger charge is -2.16. The van der Waals surface area contributed by atoms with E-state index in [2.05, 4.69) is 42.1 Å². The van der Waals surface area contributed by atoms with Crippen molar-refractivity contribution in [3.05, 3.63) is 59.2 Å². The van der Waals surface area contributed by atoms with E-state index in [1.54, 1.807) is 13.0 Å². The standard InChI is InChI=1S/C16H21FN2/c1-4-19-9-5-6-15(19)11-18-13(3)14-8-7-12(2)16(17)10-14/h5-10,13,18H,4,11H2,1-3H3. The van der Waals surface area contributed by atoms with Crippen LogP contribution < -0.4 is 5.32 Å². The first-order valence-electron chi connectivity index (χ1n) is 6.75. The number of benzene rings is 1. The van der Waals surface area contributed by atoms with Crippen LogP contribution in [0.3, 0.4) is 0 Å². The van der Waals surface area contributed by atoms with Crippen LogP contribution in [-0.2, 0) is 13.1 Å². The Hall–Kier alpha value is -1.61. The molecule has 102 valence electrons. The normalized spacial score (nSPS) is 12.6. The van der Waals surface area contributed by atoms with Gasteiger partial charge in [0.25, 0.3) is 0 Å². The molecule has 0 amide bonds. The van der Waals surface area contributed by atoms with Crippen molar-refractivity contribution in [1.82, 2.24) is 9.88 Å². The highest BCUT2D eigenvalue weighted by Gasteiger charge is 2.08. The molecule has 2 aromatic rings. The molecule has 3 heteroatoms. The summed E-state index contributed by atoms with van der Waals surface area (Å²) in [5.41, 5.74) is 2.93. The number of aryl methyl sites for hydroxylation is 2. The minimum absolute atomic E-state index is 0.135. The van der Waals surface area contributed by atoms with E-state index in [4.69, 9.17) is 0 Å². The summed E-state index contributed by atoms with van der Waals surface area (Å²) in [6.45, 7) is 7.73. The molecule has 2 nitrogen and oxygen atoms in total. The van der Waals surface area contributed by atoms with Crippen LogP contribution in [0.15, 0.2) is 36.5 Å². The van der Waals surface area contributed by atoms with E-state index in [1.165, 1.54) is 5.69 Å². The molecule has 1 aromatic carbocycles. The Morgan fingerprint density at radius 2 is 2.11 bits per heavy atom. The van der Waals surface area contributed by atoms with E-state index in [9.17, 15) is 4.39 Å². The summed E-state index contributed by atoms with van der Waals surface area (Å²) in [6, 6.07) is 9.73. The monoisotopic (exact) mass is 260 g/mol. The number of halogens is 1. The molecule has 2 rings (SSSR count). The van der Waals surface area contributed by atoms with E-state index in [1.807, 2.05) is 12.1 Å². The number of hydrogen-bond acceptors (Lipinski definition) is 1. The second kappa shape index (κ2) is 6.02. The summed E-state index contributed by atoms with van der Waals surface area (Å²) >= 11 is 0. The highest BCUT2D eigenvalue weighted by Crippen LogP contribution is 2.17. The van der Waals surface area contributed by atoms with Gasteiger partial charge in [-0.3, -0.25) is 0 Å². The van der Waals surface area contributed by atoms with Crippen LogP contribution in [0.2, 0.25) is 0 Å². The van der Waals surface area contributed by atoms with Gasteiger partial charge in [0.2, 0.25) is 0 Å². The van der Waals surface area contributed by atoms with Crippen molar-refractivity contribution in [1.29, 1.82) is 0 Å². The number of hydrogen-bond donors (Lipinski definition) is 1. The second-order valence-electron chi connectivity index (χ2n) is 4.90. The van der Waals surface area contributed by atoms with Gasteiger partial charge in [0.1, 0.15) is 5.82 Å². The molecule has 0 radical (unpaired) electrons. The van der Waals surface area contributed by atoms with Gasteiger partial charge in [0.15, 0.2) is 0 Å². The zero-order chi connectivity index (χ0) is 13.8. The lowest BCUT2D eigenvalue weighted by atomic mass is 10.1. The zero-order valence-corrected chi connectivity index (χ0v) is 11.8. The zero-order valence-electron chi connectivity index (χ0n) is 11.8. The summed E-state index contributed by atoms with van der Waals surface area (Å²) in [7, 11) is 0. The van der Waals surface area contributed by atoms with Gasteiger partial charge in [-0.15, -0.1) is 0 Å². The highest BCUT2D eigenvalue weighted by molar-refractivity contribution is 5.25. The Labute approximate surface area is 114 Å². The molecule has 0 saturated heterocycles. The van der Waals surface area contributed by atoms with Crippen molar-refractivity contribution < 1.29 is 4.39 Å². The van der Waals surface area contributed by atoms with Gasteiger partial charge < -0.3 is 9.88 Å². The van der Waals surface area contributed by atoms with Gasteiger partial charge in [-0.2, -0.15) is 0 Å². The molecule has 0 saturated carbocycles. The molecule has 0 aliphatic carbocycles. The van der Waals surface area contributed by atoms with Gasteiger partial charge in [-0.1, -0.05) is 12.1 Å². The molecule has 1 aromatic heterocycles. The van der Waals surface area contributed by atoms with Gasteiger partial charge in [0, 0.05) is 31.0 Å². The van der Waals surface area contributed by atoms with Crippen LogP contribution in [0.4, 0.5) is 4.39 Å². The Morgan fingerprint density at radius 1 is 1.32 bits per heavy atom. The van der Waals surface area contributed by atoms with E-state index in [0.29, 0.717) is 5.56 Å². The molecule has 0 aliphatic rings. The maximum atomic E-state index is 13.5. The van der Waals surface area contributed by atoms with E-state index in [-0.39, 0.29) is 11.9 Å². The third kappa shape index (κ3) is 3.24. The number of aromatic nitrogens is 1. The van der Waals surface area contributed by atoms with Crippen LogP contribution >= 0.6 is 0 Å². The second-order valence-corrected chi connectivity index (χ2v) is 4.90. The molecule has 1 atom stereocenters. The maximum absolute atomic E-state index is 13.5. The molecule has 1 N–H and O–H groups in total. The smallest absolute Gasteiger partial charge is 0.126 e. The van der Waals surface area contributed by atoms with Gasteiger partial charge in [-0.25, -0.2) is 4.39 Å². The molecular formula is C16H21FN2. The Morgan fingerprint density at radius 3 is 2.79 bits per heavy atom. The summed E-state index contributed by atoms with van der Waals surface area (Å²) in [4.78, 5) is 0. The van der Waals surface area contributed by atoms with Gasteiger partial charge in [-0.05, 0) is 50.1 Å². The van der Waals surface area contributed by atoms with Crippen molar-refractivity contribution in [3.63, 3.8) is 0 Å². The average Bonchev–Trinajstić information content (AvgIpc) is 2.86. The molecule has 1 heterocycles. The topological polar surface area (TPSA) is 17.0 Å². The number of nitrogens with zero attached hydrogens (tertiary/aromatic N) is 1. The molecule has 0 aliphatic heterocycles. The first-order chi connectivity index (χ1) is 9.11. The van der Waals surface area contributed by atoms with Gasteiger partial charge in [0.05, 0.1) is 0 Å². The van der Waals surface area contributed by atoms with E-state index >= 15 is 0 Å². The summed E-state index contributed by atoms with van der Waals surface area (Å²) < 4.78 is 15.7. The third-order valence-electron chi connectivity index (χ3n) is 3.55. The largest absolute Gasteiger partial charge is 0.351 e. The fourth-order valence-electron chi connectivity index (χ4n) is 2.17. The Bertz CT molecular complexity index is 545. The summed E-state index contributed by atoms with van der Waals surface area (Å²) in [5, 5.41) is 3.44. The predicted molar refractivity (Wildman–Crippen MR) is 76.5 cm³/mol. The van der Waals surface area contributed by atoms with Crippen LogP contribution in [0.5, 0.6) is 0 Å². The number of nitrogens with one attached hydrogen (secondary N) is 1. The SMILES string of the molecule is CCn1cccc1CNC(C)c1ccc(C)c(F)c1. The van der Waals surface area contributed by atoms with Crippen molar-refractivity contribution in [2.75, 3.05) is 0 Å². The molecular weight excluding hydrogens is 239 g/mol. The quantitative estimate of drug-likeness (QED) is 0.865. The van der Waals surface area contributed by atoms with Crippen LogP contribution in [0, 0.1) is 12.7 Å². The highest BCUT2D eigenvalue weighted by atomic mass is 19.1. The fraction of sp³-hybridized carbons (Fsp3) is 0.375. The molecule has 0 spiro atoms. The third-order valence-corrected chi connectivity index (χ3v) is 3.55. The lowest BCUT2D eigenvalue weighted by Crippen LogP contribution is -2.20. The van der Waals surface area contributed by atoms with Crippen LogP contribution in [-0.4, -0.2) is 4.57 Å². The fourth-order valence-corrected chi connectivity index (χ4v) is 2.17. The molecule has 0 fully saturated rings. The van der Waals surface area contributed by atoms with Gasteiger partial charge >= 0.3 is 0 Å². The van der Waals surface area contributed by atoms with Crippen LogP contribution in [0.1, 0.15) is 36.7 Å². The maximum Gasteiger partial charge on any atom is 0.126 e. The lowest BCUT2D eigenvalue weighted by molar-refractivity contribution is 0.543. The summed E-state index contributed by atoms with van der Waals surface area (Å²) in [5.74, 6) is -0.136. The first kappa shape index (κ1) is 13.8. The minimum Gasteiger partial charge on any atom is -0.351 e. The van der Waals surface area contributed by atoms with E-state index < -0.39 is 0 Å². The van der Waals surface area contributed by atoms with Crippen molar-refractivity contribution in [2.24, 2.45) is 0 Å². The first-order valence-corrected chi connectivity index (χ1v) is 6.75. The van der Waals surface area contributed by atoms with Crippen molar-refractivity contribution >= 4 is 0 Å².